The Morgan fingerprint density at radius 1 is 1.10 bits per heavy atom. The molecule has 0 unspecified atom stereocenters. The van der Waals surface area contributed by atoms with Gasteiger partial charge in [0.15, 0.2) is 5.76 Å². The summed E-state index contributed by atoms with van der Waals surface area (Å²) in [6.07, 6.45) is 2.17. The number of furan rings is 1. The third kappa shape index (κ3) is 2.97. The van der Waals surface area contributed by atoms with Crippen LogP contribution < -0.4 is 5.32 Å². The molecule has 3 heteroatoms. The Hall–Kier alpha value is -2.55. The van der Waals surface area contributed by atoms with E-state index in [0.717, 1.165) is 29.5 Å². The normalized spacial score (nSPS) is 10.7. The average Bonchev–Trinajstić information content (AvgIpc) is 2.94. The van der Waals surface area contributed by atoms with Gasteiger partial charge in [0.1, 0.15) is 5.58 Å². The molecular weight excluding hydrogens is 262 g/mol. The number of nitrogens with one attached hydrogen (secondary N) is 1. The molecule has 21 heavy (non-hydrogen) atoms. The van der Waals surface area contributed by atoms with E-state index in [2.05, 4.69) is 12.2 Å². The summed E-state index contributed by atoms with van der Waals surface area (Å²) in [6.45, 7) is 2.15. The summed E-state index contributed by atoms with van der Waals surface area (Å²) < 4.78 is 5.55. The predicted molar refractivity (Wildman–Crippen MR) is 84.6 cm³/mol. The molecule has 0 spiro atoms. The molecule has 3 nitrogen and oxygen atoms in total. The third-order valence-corrected chi connectivity index (χ3v) is 3.40. The lowest BCUT2D eigenvalue weighted by Crippen LogP contribution is -2.10. The fraction of sp³-hybridized carbons (Fsp3) is 0.167. The highest BCUT2D eigenvalue weighted by atomic mass is 16.3. The Morgan fingerprint density at radius 2 is 1.86 bits per heavy atom. The fourth-order valence-electron chi connectivity index (χ4n) is 2.33. The number of anilines is 1. The number of benzene rings is 2. The number of amides is 1. The van der Waals surface area contributed by atoms with Crippen LogP contribution in [-0.2, 0) is 6.42 Å². The highest BCUT2D eigenvalue weighted by Gasteiger charge is 2.12. The standard InChI is InChI=1S/C18H17NO2/c1-2-5-13-8-10-15(11-9-13)19-18(20)17-12-14-6-3-4-7-16(14)21-17/h3-4,6-12H,2,5H2,1H3,(H,19,20). The van der Waals surface area contributed by atoms with Gasteiger partial charge >= 0.3 is 0 Å². The zero-order valence-electron chi connectivity index (χ0n) is 11.9. The van der Waals surface area contributed by atoms with Crippen molar-refractivity contribution in [1.29, 1.82) is 0 Å². The molecule has 1 N–H and O–H groups in total. The van der Waals surface area contributed by atoms with Crippen molar-refractivity contribution in [3.63, 3.8) is 0 Å². The molecule has 0 saturated heterocycles. The lowest BCUT2D eigenvalue weighted by molar-refractivity contribution is 0.0998. The Bertz CT molecular complexity index is 723. The van der Waals surface area contributed by atoms with Gasteiger partial charge < -0.3 is 9.73 Å². The van der Waals surface area contributed by atoms with Crippen LogP contribution >= 0.6 is 0 Å². The molecule has 0 aliphatic heterocycles. The molecule has 0 radical (unpaired) electrons. The molecule has 0 aliphatic carbocycles. The maximum atomic E-state index is 12.2. The molecule has 106 valence electrons. The minimum absolute atomic E-state index is 0.227. The van der Waals surface area contributed by atoms with Crippen LogP contribution in [0.3, 0.4) is 0 Å². The molecular formula is C18H17NO2. The van der Waals surface area contributed by atoms with Crippen LogP contribution in [0, 0.1) is 0 Å². The van der Waals surface area contributed by atoms with Gasteiger partial charge in [-0.1, -0.05) is 43.7 Å². The zero-order chi connectivity index (χ0) is 14.7. The van der Waals surface area contributed by atoms with E-state index < -0.39 is 0 Å². The van der Waals surface area contributed by atoms with E-state index in [1.807, 2.05) is 48.5 Å². The van der Waals surface area contributed by atoms with Gasteiger partial charge in [0.2, 0.25) is 0 Å². The predicted octanol–water partition coefficient (Wildman–Crippen LogP) is 4.64. The number of fused-ring (bicyclic) bond motifs is 1. The first-order valence-corrected chi connectivity index (χ1v) is 7.15. The van der Waals surface area contributed by atoms with Crippen molar-refractivity contribution >= 4 is 22.6 Å². The second-order valence-corrected chi connectivity index (χ2v) is 5.05. The molecule has 0 fully saturated rings. The minimum Gasteiger partial charge on any atom is -0.451 e. The van der Waals surface area contributed by atoms with Crippen molar-refractivity contribution in [2.75, 3.05) is 5.32 Å². The first kappa shape index (κ1) is 13.4. The fourth-order valence-corrected chi connectivity index (χ4v) is 2.33. The minimum atomic E-state index is -0.227. The molecule has 0 aliphatic rings. The Morgan fingerprint density at radius 3 is 2.57 bits per heavy atom. The van der Waals surface area contributed by atoms with Gasteiger partial charge in [-0.25, -0.2) is 0 Å². The molecule has 1 heterocycles. The zero-order valence-corrected chi connectivity index (χ0v) is 11.9. The molecule has 3 aromatic rings. The van der Waals surface area contributed by atoms with Crippen LogP contribution in [0.25, 0.3) is 11.0 Å². The molecule has 0 bridgehead atoms. The van der Waals surface area contributed by atoms with Gasteiger partial charge in [-0.3, -0.25) is 4.79 Å². The van der Waals surface area contributed by atoms with E-state index in [0.29, 0.717) is 5.76 Å². The van der Waals surface area contributed by atoms with E-state index in [4.69, 9.17) is 4.42 Å². The molecule has 1 aromatic heterocycles. The van der Waals surface area contributed by atoms with E-state index in [9.17, 15) is 4.79 Å². The first-order valence-electron chi connectivity index (χ1n) is 7.15. The van der Waals surface area contributed by atoms with Gasteiger partial charge in [-0.2, -0.15) is 0 Å². The number of hydrogen-bond donors (Lipinski definition) is 1. The number of carbonyl (C=O) groups excluding carboxylic acids is 1. The quantitative estimate of drug-likeness (QED) is 0.756. The van der Waals surface area contributed by atoms with Crippen LogP contribution in [0.15, 0.2) is 59.0 Å². The number of hydrogen-bond acceptors (Lipinski definition) is 2. The van der Waals surface area contributed by atoms with Gasteiger partial charge in [-0.05, 0) is 36.2 Å². The van der Waals surface area contributed by atoms with E-state index in [1.54, 1.807) is 6.07 Å². The van der Waals surface area contributed by atoms with Crippen LogP contribution in [0.5, 0.6) is 0 Å². The first-order chi connectivity index (χ1) is 10.3. The third-order valence-electron chi connectivity index (χ3n) is 3.40. The summed E-state index contributed by atoms with van der Waals surface area (Å²) in [4.78, 5) is 12.2. The van der Waals surface area contributed by atoms with Crippen LogP contribution in [-0.4, -0.2) is 5.91 Å². The van der Waals surface area contributed by atoms with E-state index >= 15 is 0 Å². The van der Waals surface area contributed by atoms with Gasteiger partial charge in [0.25, 0.3) is 5.91 Å². The lowest BCUT2D eigenvalue weighted by Gasteiger charge is -2.04. The summed E-state index contributed by atoms with van der Waals surface area (Å²) in [5.74, 6) is 0.100. The summed E-state index contributed by atoms with van der Waals surface area (Å²) in [6, 6.07) is 17.3. The Kier molecular flexibility index (Phi) is 3.73. The highest BCUT2D eigenvalue weighted by Crippen LogP contribution is 2.20. The van der Waals surface area contributed by atoms with Crippen LogP contribution in [0.4, 0.5) is 5.69 Å². The highest BCUT2D eigenvalue weighted by molar-refractivity contribution is 6.04. The molecule has 0 atom stereocenters. The molecule has 0 saturated carbocycles. The SMILES string of the molecule is CCCc1ccc(NC(=O)c2cc3ccccc3o2)cc1. The average molecular weight is 279 g/mol. The van der Waals surface area contributed by atoms with Crippen LogP contribution in [0.2, 0.25) is 0 Å². The summed E-state index contributed by atoms with van der Waals surface area (Å²) in [5, 5.41) is 3.79. The molecule has 1 amide bonds. The number of aryl methyl sites for hydroxylation is 1. The maximum absolute atomic E-state index is 12.2. The van der Waals surface area contributed by atoms with Gasteiger partial charge in [0, 0.05) is 11.1 Å². The summed E-state index contributed by atoms with van der Waals surface area (Å²) >= 11 is 0. The summed E-state index contributed by atoms with van der Waals surface area (Å²) in [5.41, 5.74) is 2.78. The van der Waals surface area contributed by atoms with Crippen molar-refractivity contribution in [3.8, 4) is 0 Å². The maximum Gasteiger partial charge on any atom is 0.291 e. The number of para-hydroxylation sites is 1. The lowest BCUT2D eigenvalue weighted by atomic mass is 10.1. The summed E-state index contributed by atoms with van der Waals surface area (Å²) in [7, 11) is 0. The Balaban J connectivity index is 1.76. The van der Waals surface area contributed by atoms with Gasteiger partial charge in [-0.15, -0.1) is 0 Å². The van der Waals surface area contributed by atoms with Crippen LogP contribution in [0.1, 0.15) is 29.5 Å². The molecule has 2 aromatic carbocycles. The second kappa shape index (κ2) is 5.83. The van der Waals surface area contributed by atoms with Crippen molar-refractivity contribution in [3.05, 3.63) is 65.9 Å². The largest absolute Gasteiger partial charge is 0.451 e. The van der Waals surface area contributed by atoms with Crippen molar-refractivity contribution in [2.24, 2.45) is 0 Å². The second-order valence-electron chi connectivity index (χ2n) is 5.05. The molecule has 3 rings (SSSR count). The Labute approximate surface area is 123 Å². The van der Waals surface area contributed by atoms with E-state index in [1.165, 1.54) is 5.56 Å². The number of rotatable bonds is 4. The monoisotopic (exact) mass is 279 g/mol. The van der Waals surface area contributed by atoms with Crippen molar-refractivity contribution in [1.82, 2.24) is 0 Å². The van der Waals surface area contributed by atoms with E-state index in [-0.39, 0.29) is 5.91 Å². The number of carbonyl (C=O) groups is 1. The van der Waals surface area contributed by atoms with Crippen molar-refractivity contribution in [2.45, 2.75) is 19.8 Å². The topological polar surface area (TPSA) is 42.2 Å². The smallest absolute Gasteiger partial charge is 0.291 e. The van der Waals surface area contributed by atoms with Gasteiger partial charge in [0.05, 0.1) is 0 Å². The van der Waals surface area contributed by atoms with Crippen molar-refractivity contribution < 1.29 is 9.21 Å².